The quantitative estimate of drug-likeness (QED) is 0.523. The number of hydrogen-bond acceptors (Lipinski definition) is 2. The van der Waals surface area contributed by atoms with Crippen molar-refractivity contribution < 1.29 is 9.90 Å². The second-order valence-electron chi connectivity index (χ2n) is 4.43. The SMILES string of the molecule is CCC1(CNC/C=C/C(=O)O)CCCC1. The van der Waals surface area contributed by atoms with Crippen LogP contribution in [0.25, 0.3) is 0 Å². The van der Waals surface area contributed by atoms with Crippen LogP contribution in [0.4, 0.5) is 0 Å². The maximum absolute atomic E-state index is 10.2. The first kappa shape index (κ1) is 12.2. The molecular formula is C12H21NO2. The molecule has 0 amide bonds. The molecule has 0 aromatic heterocycles. The Morgan fingerprint density at radius 3 is 2.67 bits per heavy atom. The number of rotatable bonds is 6. The molecule has 2 N–H and O–H groups in total. The van der Waals surface area contributed by atoms with Gasteiger partial charge in [0.25, 0.3) is 0 Å². The maximum Gasteiger partial charge on any atom is 0.328 e. The minimum absolute atomic E-state index is 0.483. The van der Waals surface area contributed by atoms with Gasteiger partial charge in [0, 0.05) is 19.2 Å². The highest BCUT2D eigenvalue weighted by atomic mass is 16.4. The number of carboxylic acid groups (broad SMARTS) is 1. The molecule has 0 aromatic rings. The second-order valence-corrected chi connectivity index (χ2v) is 4.43. The topological polar surface area (TPSA) is 49.3 Å². The highest BCUT2D eigenvalue weighted by Crippen LogP contribution is 2.40. The minimum atomic E-state index is -0.872. The zero-order valence-electron chi connectivity index (χ0n) is 9.46. The second kappa shape index (κ2) is 5.91. The normalized spacial score (nSPS) is 19.8. The zero-order chi connectivity index (χ0) is 11.1. The van der Waals surface area contributed by atoms with Gasteiger partial charge in [-0.2, -0.15) is 0 Å². The lowest BCUT2D eigenvalue weighted by atomic mass is 9.83. The first-order valence-electron chi connectivity index (χ1n) is 5.79. The molecule has 0 aliphatic heterocycles. The van der Waals surface area contributed by atoms with E-state index in [1.165, 1.54) is 38.2 Å². The average molecular weight is 211 g/mol. The lowest BCUT2D eigenvalue weighted by molar-refractivity contribution is -0.131. The van der Waals surface area contributed by atoms with Gasteiger partial charge in [-0.1, -0.05) is 25.8 Å². The molecule has 0 atom stereocenters. The van der Waals surface area contributed by atoms with Crippen LogP contribution in [-0.4, -0.2) is 24.2 Å². The van der Waals surface area contributed by atoms with Crippen molar-refractivity contribution in [3.63, 3.8) is 0 Å². The molecule has 0 radical (unpaired) electrons. The van der Waals surface area contributed by atoms with Crippen molar-refractivity contribution in [1.29, 1.82) is 0 Å². The van der Waals surface area contributed by atoms with E-state index in [2.05, 4.69) is 12.2 Å². The minimum Gasteiger partial charge on any atom is -0.478 e. The van der Waals surface area contributed by atoms with Gasteiger partial charge in [0.15, 0.2) is 0 Å². The van der Waals surface area contributed by atoms with E-state index in [1.54, 1.807) is 6.08 Å². The molecule has 1 aliphatic rings. The Morgan fingerprint density at radius 1 is 1.47 bits per heavy atom. The molecule has 86 valence electrons. The molecule has 1 aliphatic carbocycles. The van der Waals surface area contributed by atoms with Gasteiger partial charge in [-0.15, -0.1) is 0 Å². The largest absolute Gasteiger partial charge is 0.478 e. The Hall–Kier alpha value is -0.830. The lowest BCUT2D eigenvalue weighted by Gasteiger charge is -2.27. The number of nitrogens with one attached hydrogen (secondary N) is 1. The van der Waals surface area contributed by atoms with Crippen LogP contribution < -0.4 is 5.32 Å². The van der Waals surface area contributed by atoms with Crippen molar-refractivity contribution in [1.82, 2.24) is 5.32 Å². The van der Waals surface area contributed by atoms with E-state index in [1.807, 2.05) is 0 Å². The van der Waals surface area contributed by atoms with Gasteiger partial charge in [0.2, 0.25) is 0 Å². The molecule has 0 saturated heterocycles. The Balaban J connectivity index is 2.20. The van der Waals surface area contributed by atoms with Gasteiger partial charge in [-0.3, -0.25) is 0 Å². The van der Waals surface area contributed by atoms with E-state index in [4.69, 9.17) is 5.11 Å². The molecule has 0 aromatic carbocycles. The van der Waals surface area contributed by atoms with E-state index in [9.17, 15) is 4.79 Å². The highest BCUT2D eigenvalue weighted by molar-refractivity contribution is 5.79. The van der Waals surface area contributed by atoms with Crippen LogP contribution >= 0.6 is 0 Å². The summed E-state index contributed by atoms with van der Waals surface area (Å²) in [4.78, 5) is 10.2. The first-order valence-corrected chi connectivity index (χ1v) is 5.79. The standard InChI is InChI=1S/C12H21NO2/c1-2-12(7-3-4-8-12)10-13-9-5-6-11(14)15/h5-6,13H,2-4,7-10H2,1H3,(H,14,15)/b6-5+. The fraction of sp³-hybridized carbons (Fsp3) is 0.750. The summed E-state index contributed by atoms with van der Waals surface area (Å²) in [5.74, 6) is -0.872. The van der Waals surface area contributed by atoms with E-state index in [0.29, 0.717) is 12.0 Å². The van der Waals surface area contributed by atoms with Gasteiger partial charge in [0.05, 0.1) is 0 Å². The molecule has 0 unspecified atom stereocenters. The predicted octanol–water partition coefficient (Wildman–Crippen LogP) is 2.19. The third-order valence-electron chi connectivity index (χ3n) is 3.44. The predicted molar refractivity (Wildman–Crippen MR) is 60.8 cm³/mol. The van der Waals surface area contributed by atoms with E-state index >= 15 is 0 Å². The molecule has 0 heterocycles. The van der Waals surface area contributed by atoms with Crippen LogP contribution in [0, 0.1) is 5.41 Å². The van der Waals surface area contributed by atoms with Gasteiger partial charge in [-0.05, 0) is 24.7 Å². The molecule has 0 bridgehead atoms. The summed E-state index contributed by atoms with van der Waals surface area (Å²) in [5, 5.41) is 11.7. The number of hydrogen-bond donors (Lipinski definition) is 2. The molecule has 1 fully saturated rings. The summed E-state index contributed by atoms with van der Waals surface area (Å²) in [7, 11) is 0. The summed E-state index contributed by atoms with van der Waals surface area (Å²) in [5.41, 5.74) is 0.483. The summed E-state index contributed by atoms with van der Waals surface area (Å²) in [6, 6.07) is 0. The van der Waals surface area contributed by atoms with Crippen molar-refractivity contribution in [3.8, 4) is 0 Å². The van der Waals surface area contributed by atoms with Crippen molar-refractivity contribution >= 4 is 5.97 Å². The maximum atomic E-state index is 10.2. The van der Waals surface area contributed by atoms with Crippen LogP contribution in [0.15, 0.2) is 12.2 Å². The van der Waals surface area contributed by atoms with Crippen LogP contribution in [-0.2, 0) is 4.79 Å². The Kier molecular flexibility index (Phi) is 4.82. The molecular weight excluding hydrogens is 190 g/mol. The third kappa shape index (κ3) is 4.04. The van der Waals surface area contributed by atoms with Crippen LogP contribution in [0.1, 0.15) is 39.0 Å². The summed E-state index contributed by atoms with van der Waals surface area (Å²) >= 11 is 0. The summed E-state index contributed by atoms with van der Waals surface area (Å²) < 4.78 is 0. The first-order chi connectivity index (χ1) is 7.18. The van der Waals surface area contributed by atoms with Gasteiger partial charge < -0.3 is 10.4 Å². The van der Waals surface area contributed by atoms with Gasteiger partial charge in [0.1, 0.15) is 0 Å². The van der Waals surface area contributed by atoms with Crippen molar-refractivity contribution in [2.24, 2.45) is 5.41 Å². The molecule has 0 spiro atoms. The molecule has 15 heavy (non-hydrogen) atoms. The van der Waals surface area contributed by atoms with Gasteiger partial charge in [-0.25, -0.2) is 4.79 Å². The summed E-state index contributed by atoms with van der Waals surface area (Å²) in [6.45, 7) is 3.93. The third-order valence-corrected chi connectivity index (χ3v) is 3.44. The van der Waals surface area contributed by atoms with E-state index in [-0.39, 0.29) is 0 Å². The Labute approximate surface area is 91.6 Å². The Morgan fingerprint density at radius 2 is 2.13 bits per heavy atom. The van der Waals surface area contributed by atoms with Crippen molar-refractivity contribution in [3.05, 3.63) is 12.2 Å². The fourth-order valence-electron chi connectivity index (χ4n) is 2.36. The fourth-order valence-corrected chi connectivity index (χ4v) is 2.36. The monoisotopic (exact) mass is 211 g/mol. The average Bonchev–Trinajstić information content (AvgIpc) is 2.66. The highest BCUT2D eigenvalue weighted by Gasteiger charge is 2.30. The molecule has 1 saturated carbocycles. The van der Waals surface area contributed by atoms with E-state index in [0.717, 1.165) is 6.54 Å². The van der Waals surface area contributed by atoms with Gasteiger partial charge >= 0.3 is 5.97 Å². The number of aliphatic carboxylic acids is 1. The van der Waals surface area contributed by atoms with Crippen LogP contribution in [0.5, 0.6) is 0 Å². The smallest absolute Gasteiger partial charge is 0.328 e. The van der Waals surface area contributed by atoms with Crippen LogP contribution in [0.2, 0.25) is 0 Å². The van der Waals surface area contributed by atoms with Crippen molar-refractivity contribution in [2.45, 2.75) is 39.0 Å². The molecule has 1 rings (SSSR count). The number of carboxylic acids is 1. The zero-order valence-corrected chi connectivity index (χ0v) is 9.46. The summed E-state index contributed by atoms with van der Waals surface area (Å²) in [6.07, 6.45) is 9.42. The molecule has 3 nitrogen and oxygen atoms in total. The Bertz CT molecular complexity index is 230. The lowest BCUT2D eigenvalue weighted by Crippen LogP contribution is -2.31. The van der Waals surface area contributed by atoms with Crippen molar-refractivity contribution in [2.75, 3.05) is 13.1 Å². The number of carbonyl (C=O) groups is 1. The molecule has 3 heteroatoms. The van der Waals surface area contributed by atoms with Crippen LogP contribution in [0.3, 0.4) is 0 Å². The van der Waals surface area contributed by atoms with E-state index < -0.39 is 5.97 Å².